The van der Waals surface area contributed by atoms with Crippen molar-refractivity contribution in [3.8, 4) is 0 Å². The van der Waals surface area contributed by atoms with Crippen molar-refractivity contribution in [2.75, 3.05) is 13.1 Å². The van der Waals surface area contributed by atoms with Gasteiger partial charge in [0.25, 0.3) is 5.91 Å². The van der Waals surface area contributed by atoms with E-state index in [2.05, 4.69) is 0 Å². The van der Waals surface area contributed by atoms with Crippen LogP contribution < -0.4 is 0 Å². The molecule has 0 bridgehead atoms. The molecule has 3 heteroatoms. The number of rotatable bonds is 5. The molecule has 0 aliphatic rings. The van der Waals surface area contributed by atoms with Crippen molar-refractivity contribution in [3.63, 3.8) is 0 Å². The van der Waals surface area contributed by atoms with Crippen LogP contribution >= 0.6 is 0 Å². The van der Waals surface area contributed by atoms with Gasteiger partial charge in [-0.2, -0.15) is 0 Å². The van der Waals surface area contributed by atoms with Crippen molar-refractivity contribution < 1.29 is 9.90 Å². The summed E-state index contributed by atoms with van der Waals surface area (Å²) in [6.07, 6.45) is -0.768. The molecule has 0 fully saturated rings. The molecule has 0 heterocycles. The second-order valence-electron chi connectivity index (χ2n) is 6.04. The molecule has 128 valence electrons. The summed E-state index contributed by atoms with van der Waals surface area (Å²) in [5.41, 5.74) is 2.23. The number of aliphatic hydroxyl groups is 1. The Bertz CT molecular complexity index is 864. The minimum absolute atomic E-state index is 0.00307. The molecule has 1 N–H and O–H groups in total. The third kappa shape index (κ3) is 3.28. The van der Waals surface area contributed by atoms with Gasteiger partial charge in [-0.1, -0.05) is 60.7 Å². The van der Waals surface area contributed by atoms with Crippen molar-refractivity contribution in [2.24, 2.45) is 0 Å². The third-order valence-electron chi connectivity index (χ3n) is 4.63. The van der Waals surface area contributed by atoms with Crippen molar-refractivity contribution in [2.45, 2.75) is 20.0 Å². The van der Waals surface area contributed by atoms with Gasteiger partial charge in [-0.25, -0.2) is 0 Å². The van der Waals surface area contributed by atoms with Gasteiger partial charge in [0.2, 0.25) is 0 Å². The van der Waals surface area contributed by atoms with E-state index in [0.717, 1.165) is 21.9 Å². The second-order valence-corrected chi connectivity index (χ2v) is 6.04. The van der Waals surface area contributed by atoms with E-state index in [1.165, 1.54) is 0 Å². The van der Waals surface area contributed by atoms with E-state index in [1.807, 2.05) is 80.6 Å². The van der Waals surface area contributed by atoms with Gasteiger partial charge < -0.3 is 10.0 Å². The molecule has 3 rings (SSSR count). The molecule has 1 atom stereocenters. The maximum Gasteiger partial charge on any atom is 0.254 e. The normalized spacial score (nSPS) is 12.1. The lowest BCUT2D eigenvalue weighted by Crippen LogP contribution is -2.30. The summed E-state index contributed by atoms with van der Waals surface area (Å²) >= 11 is 0. The summed E-state index contributed by atoms with van der Waals surface area (Å²) < 4.78 is 0. The first-order valence-electron chi connectivity index (χ1n) is 8.71. The van der Waals surface area contributed by atoms with Crippen molar-refractivity contribution >= 4 is 16.7 Å². The van der Waals surface area contributed by atoms with Gasteiger partial charge >= 0.3 is 0 Å². The molecule has 25 heavy (non-hydrogen) atoms. The Hall–Kier alpha value is -2.65. The molecule has 0 spiro atoms. The van der Waals surface area contributed by atoms with Gasteiger partial charge in [-0.3, -0.25) is 4.79 Å². The van der Waals surface area contributed by atoms with Crippen LogP contribution in [0.25, 0.3) is 10.8 Å². The number of nitrogens with zero attached hydrogens (tertiary/aromatic N) is 1. The SMILES string of the molecule is CCN(CC)C(=O)c1cccc2cccc([C@@H](O)c3ccccc3)c12. The monoisotopic (exact) mass is 333 g/mol. The summed E-state index contributed by atoms with van der Waals surface area (Å²) in [4.78, 5) is 14.8. The molecule has 3 nitrogen and oxygen atoms in total. The quantitative estimate of drug-likeness (QED) is 0.751. The highest BCUT2D eigenvalue weighted by molar-refractivity contribution is 6.08. The summed E-state index contributed by atoms with van der Waals surface area (Å²) in [5.74, 6) is 0.00307. The molecule has 0 radical (unpaired) electrons. The van der Waals surface area contributed by atoms with Gasteiger partial charge in [0, 0.05) is 24.0 Å². The van der Waals surface area contributed by atoms with Crippen LogP contribution in [-0.4, -0.2) is 29.0 Å². The lowest BCUT2D eigenvalue weighted by atomic mass is 9.92. The van der Waals surface area contributed by atoms with E-state index < -0.39 is 6.10 Å². The molecule has 1 amide bonds. The summed E-state index contributed by atoms with van der Waals surface area (Å²) in [6.45, 7) is 5.28. The average molecular weight is 333 g/mol. The Balaban J connectivity index is 2.19. The fourth-order valence-electron chi connectivity index (χ4n) is 3.27. The molecule has 0 saturated heterocycles. The Labute approximate surface area is 148 Å². The minimum atomic E-state index is -0.768. The van der Waals surface area contributed by atoms with Crippen LogP contribution in [0.2, 0.25) is 0 Å². The largest absolute Gasteiger partial charge is 0.384 e. The number of fused-ring (bicyclic) bond motifs is 1. The van der Waals surface area contributed by atoms with Crippen LogP contribution in [0.4, 0.5) is 0 Å². The number of carbonyl (C=O) groups excluding carboxylic acids is 1. The van der Waals surface area contributed by atoms with E-state index in [0.29, 0.717) is 18.7 Å². The first-order valence-corrected chi connectivity index (χ1v) is 8.71. The van der Waals surface area contributed by atoms with E-state index in [9.17, 15) is 9.90 Å². The topological polar surface area (TPSA) is 40.5 Å². The van der Waals surface area contributed by atoms with Gasteiger partial charge in [-0.15, -0.1) is 0 Å². The third-order valence-corrected chi connectivity index (χ3v) is 4.63. The van der Waals surface area contributed by atoms with Crippen LogP contribution in [0.5, 0.6) is 0 Å². The molecule has 0 aromatic heterocycles. The predicted octanol–water partition coefficient (Wildman–Crippen LogP) is 4.40. The van der Waals surface area contributed by atoms with E-state index in [4.69, 9.17) is 0 Å². The number of aliphatic hydroxyl groups excluding tert-OH is 1. The van der Waals surface area contributed by atoms with Crippen LogP contribution in [-0.2, 0) is 0 Å². The van der Waals surface area contributed by atoms with Crippen LogP contribution in [0.15, 0.2) is 66.7 Å². The molecule has 0 saturated carbocycles. The van der Waals surface area contributed by atoms with Crippen molar-refractivity contribution in [1.82, 2.24) is 4.90 Å². The van der Waals surface area contributed by atoms with Crippen LogP contribution in [0.3, 0.4) is 0 Å². The van der Waals surface area contributed by atoms with Gasteiger partial charge in [-0.05, 0) is 36.4 Å². The standard InChI is InChI=1S/C22H23NO2/c1-3-23(4-2)22(25)19-15-9-13-16-12-8-14-18(20(16)19)21(24)17-10-6-5-7-11-17/h5-15,21,24H,3-4H2,1-2H3/t21-/m0/s1. The summed E-state index contributed by atoms with van der Waals surface area (Å²) in [7, 11) is 0. The van der Waals surface area contributed by atoms with Crippen LogP contribution in [0, 0.1) is 0 Å². The number of carbonyl (C=O) groups is 1. The molecule has 3 aromatic carbocycles. The van der Waals surface area contributed by atoms with E-state index in [-0.39, 0.29) is 5.91 Å². The van der Waals surface area contributed by atoms with Crippen molar-refractivity contribution in [1.29, 1.82) is 0 Å². The fraction of sp³-hybridized carbons (Fsp3) is 0.227. The molecular weight excluding hydrogens is 310 g/mol. The maximum atomic E-state index is 13.0. The number of benzene rings is 3. The van der Waals surface area contributed by atoms with Crippen LogP contribution in [0.1, 0.15) is 41.4 Å². The highest BCUT2D eigenvalue weighted by atomic mass is 16.3. The average Bonchev–Trinajstić information content (AvgIpc) is 2.68. The molecule has 0 aliphatic heterocycles. The van der Waals surface area contributed by atoms with Crippen molar-refractivity contribution in [3.05, 3.63) is 83.4 Å². The Morgan fingerprint density at radius 3 is 2.20 bits per heavy atom. The fourth-order valence-corrected chi connectivity index (χ4v) is 3.27. The Morgan fingerprint density at radius 1 is 0.920 bits per heavy atom. The molecule has 0 unspecified atom stereocenters. The van der Waals surface area contributed by atoms with E-state index in [1.54, 1.807) is 4.90 Å². The Kier molecular flexibility index (Phi) is 5.15. The first kappa shape index (κ1) is 17.2. The zero-order chi connectivity index (χ0) is 17.8. The van der Waals surface area contributed by atoms with Gasteiger partial charge in [0.05, 0.1) is 0 Å². The summed E-state index contributed by atoms with van der Waals surface area (Å²) in [5, 5.41) is 12.7. The summed E-state index contributed by atoms with van der Waals surface area (Å²) in [6, 6.07) is 21.1. The van der Waals surface area contributed by atoms with Gasteiger partial charge in [0.15, 0.2) is 0 Å². The highest BCUT2D eigenvalue weighted by Gasteiger charge is 2.20. The lowest BCUT2D eigenvalue weighted by Gasteiger charge is -2.22. The van der Waals surface area contributed by atoms with Gasteiger partial charge in [0.1, 0.15) is 6.10 Å². The zero-order valence-electron chi connectivity index (χ0n) is 14.6. The minimum Gasteiger partial charge on any atom is -0.384 e. The first-order chi connectivity index (χ1) is 12.2. The molecular formula is C22H23NO2. The molecule has 3 aromatic rings. The van der Waals surface area contributed by atoms with E-state index >= 15 is 0 Å². The number of hydrogen-bond donors (Lipinski definition) is 1. The predicted molar refractivity (Wildman–Crippen MR) is 102 cm³/mol. The lowest BCUT2D eigenvalue weighted by molar-refractivity contribution is 0.0775. The zero-order valence-corrected chi connectivity index (χ0v) is 14.6. The smallest absolute Gasteiger partial charge is 0.254 e. The Morgan fingerprint density at radius 2 is 1.56 bits per heavy atom. The number of hydrogen-bond acceptors (Lipinski definition) is 2. The number of amides is 1. The second kappa shape index (κ2) is 7.49. The molecule has 0 aliphatic carbocycles. The highest BCUT2D eigenvalue weighted by Crippen LogP contribution is 2.31. The maximum absolute atomic E-state index is 13.0.